The van der Waals surface area contributed by atoms with Crippen LogP contribution in [-0.2, 0) is 6.54 Å². The Morgan fingerprint density at radius 2 is 1.93 bits per heavy atom. The van der Waals surface area contributed by atoms with Crippen LogP contribution in [0.15, 0.2) is 59.1 Å². The van der Waals surface area contributed by atoms with Gasteiger partial charge in [-0.2, -0.15) is 0 Å². The van der Waals surface area contributed by atoms with E-state index in [0.29, 0.717) is 28.6 Å². The predicted molar refractivity (Wildman–Crippen MR) is 105 cm³/mol. The number of methoxy groups -OCH3 is 1. The summed E-state index contributed by atoms with van der Waals surface area (Å²) in [6.45, 7) is 4.29. The van der Waals surface area contributed by atoms with Crippen molar-refractivity contribution in [3.8, 4) is 17.1 Å². The van der Waals surface area contributed by atoms with Crippen molar-refractivity contribution < 1.29 is 14.1 Å². The van der Waals surface area contributed by atoms with Crippen LogP contribution in [0.5, 0.6) is 5.75 Å². The molecule has 3 rings (SSSR count). The molecule has 1 aromatic heterocycles. The van der Waals surface area contributed by atoms with Gasteiger partial charge in [-0.15, -0.1) is 0 Å². The van der Waals surface area contributed by atoms with Crippen molar-refractivity contribution in [3.63, 3.8) is 0 Å². The number of nitrogens with zero attached hydrogens (tertiary/aromatic N) is 2. The third-order valence-corrected chi connectivity index (χ3v) is 4.47. The standard InChI is InChI=1S/C21H21ClN2O3/c1-14(2)24(21(25)15-7-9-17(22)10-8-15)13-18-12-20(27-23-18)16-5-4-6-19(11-16)26-3/h4-12,14H,13H2,1-3H3. The lowest BCUT2D eigenvalue weighted by molar-refractivity contribution is 0.0686. The highest BCUT2D eigenvalue weighted by Crippen LogP contribution is 2.25. The molecule has 2 aromatic carbocycles. The number of hydrogen-bond donors (Lipinski definition) is 0. The lowest BCUT2D eigenvalue weighted by atomic mass is 10.1. The largest absolute Gasteiger partial charge is 0.497 e. The lowest BCUT2D eigenvalue weighted by Crippen LogP contribution is -2.36. The van der Waals surface area contributed by atoms with Gasteiger partial charge in [-0.25, -0.2) is 0 Å². The molecule has 0 spiro atoms. The van der Waals surface area contributed by atoms with Gasteiger partial charge >= 0.3 is 0 Å². The summed E-state index contributed by atoms with van der Waals surface area (Å²) in [6.07, 6.45) is 0. The summed E-state index contributed by atoms with van der Waals surface area (Å²) < 4.78 is 10.7. The summed E-state index contributed by atoms with van der Waals surface area (Å²) in [5, 5.41) is 4.73. The van der Waals surface area contributed by atoms with Gasteiger partial charge in [0.1, 0.15) is 11.4 Å². The van der Waals surface area contributed by atoms with E-state index >= 15 is 0 Å². The van der Waals surface area contributed by atoms with Crippen molar-refractivity contribution in [1.82, 2.24) is 10.1 Å². The van der Waals surface area contributed by atoms with Gasteiger partial charge in [-0.3, -0.25) is 4.79 Å². The summed E-state index contributed by atoms with van der Waals surface area (Å²) in [6, 6.07) is 16.3. The van der Waals surface area contributed by atoms with Crippen molar-refractivity contribution >= 4 is 17.5 Å². The molecule has 0 aliphatic carbocycles. The number of halogens is 1. The first-order valence-electron chi connectivity index (χ1n) is 8.64. The van der Waals surface area contributed by atoms with Crippen molar-refractivity contribution in [2.24, 2.45) is 0 Å². The number of aromatic nitrogens is 1. The van der Waals surface area contributed by atoms with Crippen LogP contribution in [0.25, 0.3) is 11.3 Å². The SMILES string of the molecule is COc1cccc(-c2cc(CN(C(=O)c3ccc(Cl)cc3)C(C)C)no2)c1. The predicted octanol–water partition coefficient (Wildman–Crippen LogP) is 5.05. The molecule has 6 heteroatoms. The zero-order valence-corrected chi connectivity index (χ0v) is 16.2. The van der Waals surface area contributed by atoms with Crippen molar-refractivity contribution in [3.05, 3.63) is 70.9 Å². The van der Waals surface area contributed by atoms with Crippen LogP contribution in [0.3, 0.4) is 0 Å². The maximum absolute atomic E-state index is 12.9. The first-order valence-corrected chi connectivity index (χ1v) is 9.02. The molecule has 0 saturated carbocycles. The second-order valence-electron chi connectivity index (χ2n) is 6.45. The van der Waals surface area contributed by atoms with E-state index in [0.717, 1.165) is 11.3 Å². The fraction of sp³-hybridized carbons (Fsp3) is 0.238. The Bertz CT molecular complexity index is 919. The van der Waals surface area contributed by atoms with E-state index in [1.54, 1.807) is 36.3 Å². The molecule has 0 aliphatic heterocycles. The van der Waals surface area contributed by atoms with Gasteiger partial charge in [0.2, 0.25) is 0 Å². The Morgan fingerprint density at radius 3 is 2.59 bits per heavy atom. The summed E-state index contributed by atoms with van der Waals surface area (Å²) in [4.78, 5) is 14.6. The van der Waals surface area contributed by atoms with Crippen LogP contribution in [0.4, 0.5) is 0 Å². The summed E-state index contributed by atoms with van der Waals surface area (Å²) >= 11 is 5.91. The molecule has 0 aliphatic rings. The Morgan fingerprint density at radius 1 is 1.19 bits per heavy atom. The summed E-state index contributed by atoms with van der Waals surface area (Å²) in [7, 11) is 1.62. The minimum Gasteiger partial charge on any atom is -0.497 e. The van der Waals surface area contributed by atoms with Gasteiger partial charge in [-0.1, -0.05) is 28.9 Å². The molecule has 1 amide bonds. The highest BCUT2D eigenvalue weighted by Gasteiger charge is 2.21. The molecule has 0 saturated heterocycles. The number of amides is 1. The summed E-state index contributed by atoms with van der Waals surface area (Å²) in [5.41, 5.74) is 2.14. The number of rotatable bonds is 6. The molecule has 1 heterocycles. The van der Waals surface area contributed by atoms with Gasteiger partial charge in [-0.05, 0) is 50.2 Å². The molecule has 0 atom stereocenters. The van der Waals surface area contributed by atoms with Gasteiger partial charge in [0, 0.05) is 28.3 Å². The van der Waals surface area contributed by atoms with Crippen molar-refractivity contribution in [2.75, 3.05) is 7.11 Å². The lowest BCUT2D eigenvalue weighted by Gasteiger charge is -2.25. The van der Waals surface area contributed by atoms with Crippen molar-refractivity contribution in [1.29, 1.82) is 0 Å². The Hall–Kier alpha value is -2.79. The van der Waals surface area contributed by atoms with Gasteiger partial charge < -0.3 is 14.2 Å². The van der Waals surface area contributed by atoms with E-state index in [9.17, 15) is 4.79 Å². The molecule has 0 bridgehead atoms. The number of carbonyl (C=O) groups excluding carboxylic acids is 1. The van der Waals surface area contributed by atoms with E-state index in [-0.39, 0.29) is 11.9 Å². The topological polar surface area (TPSA) is 55.6 Å². The second-order valence-corrected chi connectivity index (χ2v) is 6.88. The first kappa shape index (κ1) is 19.0. The molecule has 0 N–H and O–H groups in total. The molecule has 0 radical (unpaired) electrons. The van der Waals surface area contributed by atoms with Crippen LogP contribution < -0.4 is 4.74 Å². The van der Waals surface area contributed by atoms with Crippen LogP contribution in [-0.4, -0.2) is 29.1 Å². The molecule has 3 aromatic rings. The van der Waals surface area contributed by atoms with Crippen LogP contribution in [0.1, 0.15) is 29.9 Å². The Kier molecular flexibility index (Phi) is 5.81. The zero-order chi connectivity index (χ0) is 19.4. The molecular formula is C21H21ClN2O3. The maximum Gasteiger partial charge on any atom is 0.254 e. The molecule has 5 nitrogen and oxygen atoms in total. The molecule has 140 valence electrons. The van der Waals surface area contributed by atoms with Crippen LogP contribution in [0.2, 0.25) is 5.02 Å². The van der Waals surface area contributed by atoms with E-state index in [1.807, 2.05) is 44.2 Å². The Balaban J connectivity index is 1.80. The number of hydrogen-bond acceptors (Lipinski definition) is 4. The highest BCUT2D eigenvalue weighted by molar-refractivity contribution is 6.30. The highest BCUT2D eigenvalue weighted by atomic mass is 35.5. The van der Waals surface area contributed by atoms with E-state index in [1.165, 1.54) is 0 Å². The molecule has 0 fully saturated rings. The summed E-state index contributed by atoms with van der Waals surface area (Å²) in [5.74, 6) is 1.30. The molecule has 27 heavy (non-hydrogen) atoms. The van der Waals surface area contributed by atoms with E-state index in [2.05, 4.69) is 5.16 Å². The number of carbonyl (C=O) groups is 1. The molecular weight excluding hydrogens is 364 g/mol. The Labute approximate surface area is 163 Å². The first-order chi connectivity index (χ1) is 13.0. The maximum atomic E-state index is 12.9. The minimum atomic E-state index is -0.0763. The van der Waals surface area contributed by atoms with Gasteiger partial charge in [0.05, 0.1) is 13.7 Å². The van der Waals surface area contributed by atoms with Gasteiger partial charge in [0.15, 0.2) is 5.76 Å². The smallest absolute Gasteiger partial charge is 0.254 e. The average Bonchev–Trinajstić information content (AvgIpc) is 3.15. The number of ether oxygens (including phenoxy) is 1. The fourth-order valence-electron chi connectivity index (χ4n) is 2.72. The minimum absolute atomic E-state index is 0.00477. The van der Waals surface area contributed by atoms with Gasteiger partial charge in [0.25, 0.3) is 5.91 Å². The normalized spacial score (nSPS) is 10.9. The van der Waals surface area contributed by atoms with E-state index in [4.69, 9.17) is 20.9 Å². The average molecular weight is 385 g/mol. The van der Waals surface area contributed by atoms with E-state index < -0.39 is 0 Å². The zero-order valence-electron chi connectivity index (χ0n) is 15.5. The van der Waals surface area contributed by atoms with Crippen LogP contribution >= 0.6 is 11.6 Å². The third-order valence-electron chi connectivity index (χ3n) is 4.22. The monoisotopic (exact) mass is 384 g/mol. The second kappa shape index (κ2) is 8.27. The fourth-order valence-corrected chi connectivity index (χ4v) is 2.85. The number of benzene rings is 2. The third kappa shape index (κ3) is 4.49. The van der Waals surface area contributed by atoms with Crippen LogP contribution in [0, 0.1) is 0 Å². The molecule has 0 unspecified atom stereocenters. The quantitative estimate of drug-likeness (QED) is 0.596. The van der Waals surface area contributed by atoms with Crippen molar-refractivity contribution in [2.45, 2.75) is 26.4 Å².